The highest BCUT2D eigenvalue weighted by atomic mass is 32.3. The van der Waals surface area contributed by atoms with Gasteiger partial charge in [-0.05, 0) is 38.1 Å². The molecule has 2 heterocycles. The van der Waals surface area contributed by atoms with Crippen LogP contribution in [0.2, 0.25) is 0 Å². The van der Waals surface area contributed by atoms with Gasteiger partial charge in [0.2, 0.25) is 0 Å². The van der Waals surface area contributed by atoms with Gasteiger partial charge in [0.1, 0.15) is 12.2 Å². The summed E-state index contributed by atoms with van der Waals surface area (Å²) in [5.74, 6) is 1.19. The molecule has 1 aromatic rings. The number of nitrogens with zero attached hydrogens (tertiary/aromatic N) is 1. The van der Waals surface area contributed by atoms with E-state index in [1.807, 2.05) is 12.1 Å². The maximum atomic E-state index is 10.4. The number of phenolic OH excluding ortho intramolecular Hbond substituents is 1. The average Bonchev–Trinajstić information content (AvgIpc) is 2.89. The van der Waals surface area contributed by atoms with Crippen LogP contribution in [-0.4, -0.2) is 97.3 Å². The van der Waals surface area contributed by atoms with E-state index in [9.17, 15) is 10.2 Å². The van der Waals surface area contributed by atoms with Gasteiger partial charge in [-0.15, -0.1) is 0 Å². The first-order valence-corrected chi connectivity index (χ1v) is 9.81. The van der Waals surface area contributed by atoms with Gasteiger partial charge in [0, 0.05) is 22.9 Å². The third-order valence-corrected chi connectivity index (χ3v) is 6.15. The Balaban J connectivity index is -0.000000702. The summed E-state index contributed by atoms with van der Waals surface area (Å²) in [5, 5.41) is 20.6. The van der Waals surface area contributed by atoms with Crippen LogP contribution in [0.1, 0.15) is 17.5 Å². The van der Waals surface area contributed by atoms with Gasteiger partial charge in [-0.3, -0.25) is 9.11 Å². The fourth-order valence-corrected chi connectivity index (χ4v) is 5.24. The normalized spacial score (nSPS) is 29.8. The lowest BCUT2D eigenvalue weighted by atomic mass is 9.53. The summed E-state index contributed by atoms with van der Waals surface area (Å²) in [5.41, 5.74) is 2.29. The predicted molar refractivity (Wildman–Crippen MR) is 113 cm³/mol. The Morgan fingerprint density at radius 3 is 2.19 bits per heavy atom. The van der Waals surface area contributed by atoms with Crippen LogP contribution < -0.4 is 4.74 Å². The van der Waals surface area contributed by atoms with Crippen LogP contribution in [0.25, 0.3) is 0 Å². The molecule has 0 aromatic heterocycles. The Labute approximate surface area is 184 Å². The minimum Gasteiger partial charge on any atom is -0.504 e. The Hall–Kier alpha value is -1.89. The second-order valence-electron chi connectivity index (χ2n) is 7.38. The number of likely N-dealkylation sites (N-methyl/N-ethyl adjacent to an activating group) is 1. The van der Waals surface area contributed by atoms with Crippen molar-refractivity contribution in [2.75, 3.05) is 13.6 Å². The summed E-state index contributed by atoms with van der Waals surface area (Å²) in [6.07, 6.45) is 5.18. The number of rotatable bonds is 0. The van der Waals surface area contributed by atoms with Crippen molar-refractivity contribution < 1.29 is 65.3 Å². The average molecular weight is 492 g/mol. The third-order valence-electron chi connectivity index (χ3n) is 6.15. The molecule has 14 nitrogen and oxygen atoms in total. The van der Waals surface area contributed by atoms with E-state index in [1.165, 1.54) is 11.1 Å². The highest BCUT2D eigenvalue weighted by molar-refractivity contribution is 7.79. The molecule has 1 aromatic carbocycles. The van der Waals surface area contributed by atoms with E-state index in [2.05, 4.69) is 18.0 Å². The van der Waals surface area contributed by atoms with Gasteiger partial charge in [0.05, 0.1) is 0 Å². The van der Waals surface area contributed by atoms with E-state index in [0.29, 0.717) is 17.7 Å². The van der Waals surface area contributed by atoms with Crippen LogP contribution in [0.4, 0.5) is 0 Å². The standard InChI is InChI=1S/C17H19NO3.H2O4S.6H2O/c1-18-7-6-17-10-3-5-13(20)16(17)21-15-12(19)4-2-9(14(15)17)8-11(10)18;1-5(2,3)4;;;;;;/h2-5,10-11,13,16,19-20H,6-8H2,1H3;(H2,1,2,3,4);6*1H2/t10-,11+,13-,16-,17-;;;;;;;/m0......./s1. The number of piperidine rings is 1. The van der Waals surface area contributed by atoms with Gasteiger partial charge >= 0.3 is 10.4 Å². The molecule has 2 aliphatic heterocycles. The number of aromatic hydroxyl groups is 1. The zero-order valence-corrected chi connectivity index (χ0v) is 17.9. The highest BCUT2D eigenvalue weighted by Crippen LogP contribution is 2.62. The Bertz CT molecular complexity index is 885. The SMILES string of the molecule is CN1CC[C@]23c4c5ccc(O)c4O[C@H]2[C@@H](O)C=C[C@H]3[C@H]1C5.O.O.O.O.O.O.O=S(=O)(O)O. The molecule has 4 aliphatic rings. The van der Waals surface area contributed by atoms with Gasteiger partial charge in [-0.25, -0.2) is 0 Å². The smallest absolute Gasteiger partial charge is 0.394 e. The van der Waals surface area contributed by atoms with Crippen LogP contribution in [0, 0.1) is 5.92 Å². The first-order valence-electron chi connectivity index (χ1n) is 8.41. The molecule has 32 heavy (non-hydrogen) atoms. The van der Waals surface area contributed by atoms with Crippen molar-refractivity contribution in [3.63, 3.8) is 0 Å². The molecule has 0 unspecified atom stereocenters. The number of phenols is 1. The third kappa shape index (κ3) is 5.03. The first-order chi connectivity index (χ1) is 12.1. The van der Waals surface area contributed by atoms with Crippen molar-refractivity contribution in [1.29, 1.82) is 0 Å². The number of hydrogen-bond acceptors (Lipinski definition) is 6. The minimum absolute atomic E-state index is 0. The molecule has 15 heteroatoms. The minimum atomic E-state index is -4.67. The van der Waals surface area contributed by atoms with E-state index < -0.39 is 16.5 Å². The van der Waals surface area contributed by atoms with Gasteiger partial charge in [-0.2, -0.15) is 8.42 Å². The van der Waals surface area contributed by atoms with E-state index in [0.717, 1.165) is 19.4 Å². The van der Waals surface area contributed by atoms with Crippen LogP contribution in [0.15, 0.2) is 24.3 Å². The Morgan fingerprint density at radius 2 is 1.62 bits per heavy atom. The number of aliphatic hydroxyl groups excluding tert-OH is 1. The molecular formula is C17H33NO13S. The molecule has 2 aliphatic carbocycles. The molecule has 5 rings (SSSR count). The number of benzene rings is 1. The molecule has 0 radical (unpaired) electrons. The largest absolute Gasteiger partial charge is 0.504 e. The number of hydrogen-bond donors (Lipinski definition) is 4. The molecule has 16 N–H and O–H groups in total. The van der Waals surface area contributed by atoms with Gasteiger partial charge in [-0.1, -0.05) is 18.2 Å². The van der Waals surface area contributed by atoms with Crippen molar-refractivity contribution in [1.82, 2.24) is 4.90 Å². The molecule has 0 amide bonds. The lowest BCUT2D eigenvalue weighted by Gasteiger charge is -2.56. The molecule has 2 bridgehead atoms. The van der Waals surface area contributed by atoms with Gasteiger partial charge < -0.3 is 52.7 Å². The molecule has 190 valence electrons. The monoisotopic (exact) mass is 491 g/mol. The number of ether oxygens (including phenoxy) is 1. The van der Waals surface area contributed by atoms with Gasteiger partial charge in [0.25, 0.3) is 0 Å². The Kier molecular flexibility index (Phi) is 12.3. The zero-order chi connectivity index (χ0) is 18.9. The Morgan fingerprint density at radius 1 is 1.06 bits per heavy atom. The summed E-state index contributed by atoms with van der Waals surface area (Å²) in [6, 6.07) is 4.23. The first kappa shape index (κ1) is 34.7. The molecule has 1 spiro atoms. The second kappa shape index (κ2) is 11.3. The quantitative estimate of drug-likeness (QED) is 0.202. The fraction of sp³-hybridized carbons (Fsp3) is 0.529. The summed E-state index contributed by atoms with van der Waals surface area (Å²) < 4.78 is 37.7. The van der Waals surface area contributed by atoms with Crippen LogP contribution in [0.3, 0.4) is 0 Å². The number of likely N-dealkylation sites (tertiary alicyclic amines) is 1. The highest BCUT2D eigenvalue weighted by Gasteiger charge is 2.64. The maximum Gasteiger partial charge on any atom is 0.394 e. The van der Waals surface area contributed by atoms with Gasteiger partial charge in [0.15, 0.2) is 11.5 Å². The lowest BCUT2D eigenvalue weighted by Crippen LogP contribution is -2.64. The molecule has 5 atom stereocenters. The fourth-order valence-electron chi connectivity index (χ4n) is 5.24. The summed E-state index contributed by atoms with van der Waals surface area (Å²) in [7, 11) is -2.48. The maximum absolute atomic E-state index is 10.4. The molecular weight excluding hydrogens is 458 g/mol. The van der Waals surface area contributed by atoms with E-state index in [1.54, 1.807) is 6.07 Å². The summed E-state index contributed by atoms with van der Waals surface area (Å²) in [4.78, 5) is 2.43. The lowest BCUT2D eigenvalue weighted by molar-refractivity contribution is -0.0453. The van der Waals surface area contributed by atoms with Crippen molar-refractivity contribution in [3.8, 4) is 11.5 Å². The summed E-state index contributed by atoms with van der Waals surface area (Å²) >= 11 is 0. The van der Waals surface area contributed by atoms with Crippen molar-refractivity contribution in [3.05, 3.63) is 35.4 Å². The molecule has 1 saturated heterocycles. The van der Waals surface area contributed by atoms with Crippen LogP contribution in [0.5, 0.6) is 11.5 Å². The van der Waals surface area contributed by atoms with E-state index in [-0.39, 0.29) is 50.1 Å². The van der Waals surface area contributed by atoms with Crippen molar-refractivity contribution in [2.24, 2.45) is 5.92 Å². The topological polar surface area (TPSA) is 317 Å². The number of aliphatic hydroxyl groups is 1. The van der Waals surface area contributed by atoms with E-state index >= 15 is 0 Å². The van der Waals surface area contributed by atoms with Crippen molar-refractivity contribution in [2.45, 2.75) is 36.5 Å². The van der Waals surface area contributed by atoms with Crippen LogP contribution >= 0.6 is 0 Å². The van der Waals surface area contributed by atoms with Crippen molar-refractivity contribution >= 4 is 10.4 Å². The molecule has 0 saturated carbocycles. The van der Waals surface area contributed by atoms with E-state index in [4.69, 9.17) is 22.3 Å². The zero-order valence-electron chi connectivity index (χ0n) is 17.1. The predicted octanol–water partition coefficient (Wildman–Crippen LogP) is -4.40. The molecule has 1 fully saturated rings. The summed E-state index contributed by atoms with van der Waals surface area (Å²) in [6.45, 7) is 1.01. The second-order valence-corrected chi connectivity index (χ2v) is 8.27. The van der Waals surface area contributed by atoms with Crippen LogP contribution in [-0.2, 0) is 22.2 Å².